The van der Waals surface area contributed by atoms with Crippen LogP contribution in [0.4, 0.5) is 0 Å². The standard InChI is InChI=1S/C14H14N2O3/c1-18-14(17)13-16-15-12(19-13)11-8-4-6-9-5-2-3-7-10(9)11/h2-3,5,7,11H,4,6,8H2,1H3. The summed E-state index contributed by atoms with van der Waals surface area (Å²) in [5.41, 5.74) is 2.53. The fourth-order valence-corrected chi connectivity index (χ4v) is 2.56. The highest BCUT2D eigenvalue weighted by molar-refractivity contribution is 5.83. The Bertz CT molecular complexity index is 606. The number of ether oxygens (including phenoxy) is 1. The van der Waals surface area contributed by atoms with E-state index in [1.54, 1.807) is 0 Å². The number of esters is 1. The van der Waals surface area contributed by atoms with E-state index in [9.17, 15) is 4.79 Å². The molecule has 19 heavy (non-hydrogen) atoms. The Morgan fingerprint density at radius 3 is 3.05 bits per heavy atom. The fraction of sp³-hybridized carbons (Fsp3) is 0.357. The molecule has 0 fully saturated rings. The molecule has 5 heteroatoms. The second-order valence-electron chi connectivity index (χ2n) is 4.58. The van der Waals surface area contributed by atoms with Gasteiger partial charge in [-0.05, 0) is 30.4 Å². The smallest absolute Gasteiger partial charge is 0.396 e. The lowest BCUT2D eigenvalue weighted by molar-refractivity contribution is 0.0553. The number of aryl methyl sites for hydroxylation is 1. The highest BCUT2D eigenvalue weighted by Gasteiger charge is 2.27. The molecular weight excluding hydrogens is 244 g/mol. The molecule has 3 rings (SSSR count). The van der Waals surface area contributed by atoms with E-state index in [2.05, 4.69) is 27.1 Å². The van der Waals surface area contributed by atoms with Crippen molar-refractivity contribution >= 4 is 5.97 Å². The average molecular weight is 258 g/mol. The number of hydrogen-bond acceptors (Lipinski definition) is 5. The van der Waals surface area contributed by atoms with Gasteiger partial charge in [0.2, 0.25) is 5.89 Å². The molecule has 1 aliphatic carbocycles. The van der Waals surface area contributed by atoms with Gasteiger partial charge in [0.1, 0.15) is 0 Å². The molecule has 0 saturated heterocycles. The van der Waals surface area contributed by atoms with Crippen LogP contribution in [0.5, 0.6) is 0 Å². The molecule has 1 unspecified atom stereocenters. The number of hydrogen-bond donors (Lipinski definition) is 0. The molecule has 1 atom stereocenters. The van der Waals surface area contributed by atoms with Gasteiger partial charge >= 0.3 is 11.9 Å². The number of nitrogens with zero attached hydrogens (tertiary/aromatic N) is 2. The van der Waals surface area contributed by atoms with Gasteiger partial charge in [0.25, 0.3) is 0 Å². The van der Waals surface area contributed by atoms with E-state index in [4.69, 9.17) is 4.42 Å². The van der Waals surface area contributed by atoms with Gasteiger partial charge in [-0.3, -0.25) is 0 Å². The Hall–Kier alpha value is -2.17. The Kier molecular flexibility index (Phi) is 3.03. The molecule has 98 valence electrons. The Labute approximate surface area is 110 Å². The quantitative estimate of drug-likeness (QED) is 0.773. The van der Waals surface area contributed by atoms with Gasteiger partial charge in [-0.1, -0.05) is 24.3 Å². The topological polar surface area (TPSA) is 65.2 Å². The molecule has 0 bridgehead atoms. The molecule has 0 saturated carbocycles. The van der Waals surface area contributed by atoms with Crippen LogP contribution in [-0.4, -0.2) is 23.3 Å². The van der Waals surface area contributed by atoms with E-state index in [1.807, 2.05) is 12.1 Å². The molecule has 0 amide bonds. The van der Waals surface area contributed by atoms with Crippen LogP contribution in [0.15, 0.2) is 28.7 Å². The third-order valence-electron chi connectivity index (χ3n) is 3.47. The van der Waals surface area contributed by atoms with E-state index in [-0.39, 0.29) is 11.8 Å². The van der Waals surface area contributed by atoms with Gasteiger partial charge in [-0.2, -0.15) is 0 Å². The molecule has 2 aromatic rings. The zero-order chi connectivity index (χ0) is 13.2. The summed E-state index contributed by atoms with van der Waals surface area (Å²) in [6.45, 7) is 0. The van der Waals surface area contributed by atoms with Crippen LogP contribution in [0, 0.1) is 0 Å². The Balaban J connectivity index is 1.95. The van der Waals surface area contributed by atoms with Gasteiger partial charge in [0.15, 0.2) is 0 Å². The maximum atomic E-state index is 11.3. The van der Waals surface area contributed by atoms with Crippen molar-refractivity contribution < 1.29 is 13.9 Å². The normalized spacial score (nSPS) is 17.8. The van der Waals surface area contributed by atoms with E-state index in [0.717, 1.165) is 19.3 Å². The van der Waals surface area contributed by atoms with Gasteiger partial charge in [-0.15, -0.1) is 10.2 Å². The van der Waals surface area contributed by atoms with Crippen LogP contribution in [-0.2, 0) is 11.2 Å². The highest BCUT2D eigenvalue weighted by atomic mass is 16.5. The van der Waals surface area contributed by atoms with E-state index >= 15 is 0 Å². The summed E-state index contributed by atoms with van der Waals surface area (Å²) >= 11 is 0. The first-order valence-electron chi connectivity index (χ1n) is 6.29. The summed E-state index contributed by atoms with van der Waals surface area (Å²) in [5, 5.41) is 7.73. The van der Waals surface area contributed by atoms with Crippen molar-refractivity contribution in [2.75, 3.05) is 7.11 Å². The summed E-state index contributed by atoms with van der Waals surface area (Å²) < 4.78 is 10.0. The van der Waals surface area contributed by atoms with E-state index < -0.39 is 5.97 Å². The first-order valence-corrected chi connectivity index (χ1v) is 6.29. The number of benzene rings is 1. The van der Waals surface area contributed by atoms with Crippen LogP contribution in [0.3, 0.4) is 0 Å². The average Bonchev–Trinajstić information content (AvgIpc) is 2.95. The lowest BCUT2D eigenvalue weighted by atomic mass is 9.83. The number of aromatic nitrogens is 2. The summed E-state index contributed by atoms with van der Waals surface area (Å²) in [7, 11) is 1.29. The largest absolute Gasteiger partial charge is 0.462 e. The van der Waals surface area contributed by atoms with Gasteiger partial charge in [0, 0.05) is 0 Å². The van der Waals surface area contributed by atoms with Gasteiger partial charge < -0.3 is 9.15 Å². The molecule has 0 radical (unpaired) electrons. The van der Waals surface area contributed by atoms with Crippen LogP contribution in [0.25, 0.3) is 0 Å². The third kappa shape index (κ3) is 2.12. The number of carbonyl (C=O) groups excluding carboxylic acids is 1. The molecule has 5 nitrogen and oxygen atoms in total. The zero-order valence-electron chi connectivity index (χ0n) is 10.6. The maximum Gasteiger partial charge on any atom is 0.396 e. The van der Waals surface area contributed by atoms with Crippen molar-refractivity contribution in [3.63, 3.8) is 0 Å². The highest BCUT2D eigenvalue weighted by Crippen LogP contribution is 2.35. The molecule has 0 aliphatic heterocycles. The second kappa shape index (κ2) is 4.84. The molecule has 1 aromatic carbocycles. The minimum atomic E-state index is -0.595. The van der Waals surface area contributed by atoms with E-state index in [0.29, 0.717) is 5.89 Å². The first kappa shape index (κ1) is 11.9. The summed E-state index contributed by atoms with van der Waals surface area (Å²) in [5.74, 6) is -0.105. The molecule has 1 aromatic heterocycles. The van der Waals surface area contributed by atoms with Crippen LogP contribution >= 0.6 is 0 Å². The van der Waals surface area contributed by atoms with Crippen LogP contribution < -0.4 is 0 Å². The van der Waals surface area contributed by atoms with Crippen molar-refractivity contribution in [1.29, 1.82) is 0 Å². The maximum absolute atomic E-state index is 11.3. The molecule has 0 spiro atoms. The van der Waals surface area contributed by atoms with Crippen molar-refractivity contribution in [3.8, 4) is 0 Å². The number of carbonyl (C=O) groups is 1. The molecule has 0 N–H and O–H groups in total. The SMILES string of the molecule is COC(=O)c1nnc(C2CCCc3ccccc32)o1. The Morgan fingerprint density at radius 1 is 1.37 bits per heavy atom. The third-order valence-corrected chi connectivity index (χ3v) is 3.47. The first-order chi connectivity index (χ1) is 9.29. The predicted octanol–water partition coefficient (Wildman–Crippen LogP) is 2.32. The lowest BCUT2D eigenvalue weighted by Crippen LogP contribution is -2.11. The van der Waals surface area contributed by atoms with Crippen molar-refractivity contribution in [3.05, 3.63) is 47.2 Å². The zero-order valence-corrected chi connectivity index (χ0v) is 10.6. The predicted molar refractivity (Wildman–Crippen MR) is 66.9 cm³/mol. The second-order valence-corrected chi connectivity index (χ2v) is 4.58. The Morgan fingerprint density at radius 2 is 2.21 bits per heavy atom. The van der Waals surface area contributed by atoms with E-state index in [1.165, 1.54) is 18.2 Å². The fourth-order valence-electron chi connectivity index (χ4n) is 2.56. The van der Waals surface area contributed by atoms with Crippen molar-refractivity contribution in [2.45, 2.75) is 25.2 Å². The lowest BCUT2D eigenvalue weighted by Gasteiger charge is -2.22. The number of fused-ring (bicyclic) bond motifs is 1. The monoisotopic (exact) mass is 258 g/mol. The molecule has 1 heterocycles. The van der Waals surface area contributed by atoms with Gasteiger partial charge in [-0.25, -0.2) is 4.79 Å². The summed E-state index contributed by atoms with van der Waals surface area (Å²) in [4.78, 5) is 11.3. The van der Waals surface area contributed by atoms with Crippen LogP contribution in [0.1, 0.15) is 46.5 Å². The summed E-state index contributed by atoms with van der Waals surface area (Å²) in [6, 6.07) is 8.25. The summed E-state index contributed by atoms with van der Waals surface area (Å²) in [6.07, 6.45) is 3.11. The number of methoxy groups -OCH3 is 1. The molecule has 1 aliphatic rings. The van der Waals surface area contributed by atoms with Crippen LogP contribution in [0.2, 0.25) is 0 Å². The minimum Gasteiger partial charge on any atom is -0.462 e. The molecular formula is C14H14N2O3. The van der Waals surface area contributed by atoms with Crippen molar-refractivity contribution in [1.82, 2.24) is 10.2 Å². The minimum absolute atomic E-state index is 0.0795. The van der Waals surface area contributed by atoms with Gasteiger partial charge in [0.05, 0.1) is 13.0 Å². The van der Waals surface area contributed by atoms with Crippen molar-refractivity contribution in [2.24, 2.45) is 0 Å². The number of rotatable bonds is 2.